The van der Waals surface area contributed by atoms with Crippen molar-refractivity contribution < 1.29 is 13.6 Å². The molecule has 0 spiro atoms. The quantitative estimate of drug-likeness (QED) is 0.714. The number of halogens is 2. The maximum absolute atomic E-state index is 13.8. The molecule has 0 aliphatic heterocycles. The number of hydrogen-bond donors (Lipinski definition) is 2. The number of carbonyl (C=O) groups is 1. The van der Waals surface area contributed by atoms with Crippen LogP contribution in [0.25, 0.3) is 10.2 Å². The molecule has 4 nitrogen and oxygen atoms in total. The first-order chi connectivity index (χ1) is 11.9. The minimum atomic E-state index is -0.681. The Kier molecular flexibility index (Phi) is 4.94. The van der Waals surface area contributed by atoms with Gasteiger partial charge in [-0.1, -0.05) is 29.5 Å². The van der Waals surface area contributed by atoms with Crippen molar-refractivity contribution in [2.24, 2.45) is 0 Å². The van der Waals surface area contributed by atoms with E-state index < -0.39 is 23.7 Å². The van der Waals surface area contributed by atoms with Crippen LogP contribution in [0, 0.1) is 11.6 Å². The Hall–Kier alpha value is -2.54. The Morgan fingerprint density at radius 3 is 2.64 bits per heavy atom. The number of rotatable bonds is 5. The Morgan fingerprint density at radius 2 is 1.92 bits per heavy atom. The molecule has 2 atom stereocenters. The van der Waals surface area contributed by atoms with Gasteiger partial charge in [-0.05, 0) is 32.0 Å². The van der Waals surface area contributed by atoms with Crippen molar-refractivity contribution in [1.29, 1.82) is 0 Å². The van der Waals surface area contributed by atoms with Crippen molar-refractivity contribution in [2.75, 3.05) is 5.32 Å². The molecule has 0 aliphatic rings. The Balaban J connectivity index is 1.65. The van der Waals surface area contributed by atoms with E-state index in [1.165, 1.54) is 23.5 Å². The number of thiazole rings is 1. The minimum Gasteiger partial charge on any atom is -0.350 e. The highest BCUT2D eigenvalue weighted by atomic mass is 32.1. The third kappa shape index (κ3) is 3.93. The van der Waals surface area contributed by atoms with Crippen LogP contribution in [0.4, 0.5) is 13.9 Å². The van der Waals surface area contributed by atoms with E-state index in [2.05, 4.69) is 15.6 Å². The predicted molar refractivity (Wildman–Crippen MR) is 95.6 cm³/mol. The van der Waals surface area contributed by atoms with Gasteiger partial charge in [-0.15, -0.1) is 0 Å². The first kappa shape index (κ1) is 17.3. The number of hydrogen-bond acceptors (Lipinski definition) is 4. The number of aromatic nitrogens is 1. The molecule has 0 saturated heterocycles. The maximum Gasteiger partial charge on any atom is 0.242 e. The van der Waals surface area contributed by atoms with Gasteiger partial charge in [-0.2, -0.15) is 0 Å². The normalized spacial score (nSPS) is 13.4. The Bertz CT molecular complexity index is 879. The molecule has 2 aromatic carbocycles. The van der Waals surface area contributed by atoms with E-state index >= 15 is 0 Å². The zero-order valence-electron chi connectivity index (χ0n) is 13.7. The molecule has 2 unspecified atom stereocenters. The van der Waals surface area contributed by atoms with Crippen LogP contribution in [0.15, 0.2) is 42.5 Å². The lowest BCUT2D eigenvalue weighted by molar-refractivity contribution is -0.122. The molecule has 3 rings (SSSR count). The molecule has 2 N–H and O–H groups in total. The van der Waals surface area contributed by atoms with Crippen molar-refractivity contribution >= 4 is 32.6 Å². The summed E-state index contributed by atoms with van der Waals surface area (Å²) in [5.74, 6) is -1.62. The molecular formula is C18H17F2N3OS. The highest BCUT2D eigenvalue weighted by molar-refractivity contribution is 7.22. The number of anilines is 1. The van der Waals surface area contributed by atoms with Crippen LogP contribution in [-0.2, 0) is 4.79 Å². The molecule has 0 aliphatic carbocycles. The lowest BCUT2D eigenvalue weighted by Gasteiger charge is -2.19. The smallest absolute Gasteiger partial charge is 0.242 e. The predicted octanol–water partition coefficient (Wildman–Crippen LogP) is 4.25. The van der Waals surface area contributed by atoms with Crippen molar-refractivity contribution in [3.63, 3.8) is 0 Å². The molecule has 0 fully saturated rings. The van der Waals surface area contributed by atoms with Crippen LogP contribution in [0.5, 0.6) is 0 Å². The van der Waals surface area contributed by atoms with E-state index in [0.717, 1.165) is 16.3 Å². The summed E-state index contributed by atoms with van der Waals surface area (Å²) in [7, 11) is 0. The van der Waals surface area contributed by atoms with Gasteiger partial charge in [0.15, 0.2) is 5.13 Å². The number of carbonyl (C=O) groups excluding carboxylic acids is 1. The number of nitrogens with one attached hydrogen (secondary N) is 2. The molecule has 25 heavy (non-hydrogen) atoms. The highest BCUT2D eigenvalue weighted by Gasteiger charge is 2.19. The van der Waals surface area contributed by atoms with Gasteiger partial charge in [0.05, 0.1) is 16.3 Å². The number of para-hydroxylation sites is 1. The lowest BCUT2D eigenvalue weighted by atomic mass is 10.1. The molecule has 1 heterocycles. The van der Waals surface area contributed by atoms with Crippen LogP contribution < -0.4 is 10.6 Å². The van der Waals surface area contributed by atoms with Crippen LogP contribution in [0.2, 0.25) is 0 Å². The van der Waals surface area contributed by atoms with E-state index in [9.17, 15) is 13.6 Å². The first-order valence-corrected chi connectivity index (χ1v) is 8.63. The van der Waals surface area contributed by atoms with E-state index in [1.54, 1.807) is 13.8 Å². The average Bonchev–Trinajstić information content (AvgIpc) is 2.96. The zero-order valence-corrected chi connectivity index (χ0v) is 14.5. The highest BCUT2D eigenvalue weighted by Crippen LogP contribution is 2.26. The summed E-state index contributed by atoms with van der Waals surface area (Å²) in [6.45, 7) is 3.35. The van der Waals surface area contributed by atoms with Gasteiger partial charge in [-0.25, -0.2) is 13.8 Å². The molecule has 3 aromatic rings. The summed E-state index contributed by atoms with van der Waals surface area (Å²) in [5, 5.41) is 6.42. The Labute approximate surface area is 147 Å². The van der Waals surface area contributed by atoms with Crippen LogP contribution >= 0.6 is 11.3 Å². The summed E-state index contributed by atoms with van der Waals surface area (Å²) in [6.07, 6.45) is 0. The van der Waals surface area contributed by atoms with Crippen molar-refractivity contribution in [3.8, 4) is 0 Å². The molecule has 0 radical (unpaired) electrons. The average molecular weight is 361 g/mol. The number of nitrogens with zero attached hydrogens (tertiary/aromatic N) is 1. The second-order valence-corrected chi connectivity index (χ2v) is 6.78. The topological polar surface area (TPSA) is 54.0 Å². The monoisotopic (exact) mass is 361 g/mol. The number of amides is 1. The van der Waals surface area contributed by atoms with Gasteiger partial charge >= 0.3 is 0 Å². The lowest BCUT2D eigenvalue weighted by Crippen LogP contribution is -2.39. The van der Waals surface area contributed by atoms with Crippen molar-refractivity contribution in [3.05, 3.63) is 59.7 Å². The number of fused-ring (bicyclic) bond motifs is 1. The van der Waals surface area contributed by atoms with Crippen LogP contribution in [0.3, 0.4) is 0 Å². The summed E-state index contributed by atoms with van der Waals surface area (Å²) in [4.78, 5) is 16.8. The third-order valence-electron chi connectivity index (χ3n) is 3.81. The standard InChI is InChI=1S/C18H17F2N3OS/c1-10(13-8-7-12(19)9-14(13)20)21-17(24)11(2)22-18-23-15-5-3-4-6-16(15)25-18/h3-11H,1-2H3,(H,21,24)(H,22,23). The van der Waals surface area contributed by atoms with E-state index in [0.29, 0.717) is 5.13 Å². The minimum absolute atomic E-state index is 0.238. The SMILES string of the molecule is CC(Nc1nc2ccccc2s1)C(=O)NC(C)c1ccc(F)cc1F. The van der Waals surface area contributed by atoms with E-state index in [4.69, 9.17) is 0 Å². The van der Waals surface area contributed by atoms with Gasteiger partial charge in [0.1, 0.15) is 17.7 Å². The van der Waals surface area contributed by atoms with E-state index in [-0.39, 0.29) is 11.5 Å². The summed E-state index contributed by atoms with van der Waals surface area (Å²) in [5.41, 5.74) is 1.10. The fourth-order valence-electron chi connectivity index (χ4n) is 2.45. The molecule has 0 bridgehead atoms. The second kappa shape index (κ2) is 7.14. The summed E-state index contributed by atoms with van der Waals surface area (Å²) >= 11 is 1.46. The second-order valence-electron chi connectivity index (χ2n) is 5.75. The summed E-state index contributed by atoms with van der Waals surface area (Å²) < 4.78 is 27.8. The van der Waals surface area contributed by atoms with Gasteiger partial charge in [0.25, 0.3) is 0 Å². The fourth-order valence-corrected chi connectivity index (χ4v) is 3.41. The molecule has 130 valence electrons. The van der Waals surface area contributed by atoms with Crippen molar-refractivity contribution in [1.82, 2.24) is 10.3 Å². The molecule has 0 saturated carbocycles. The molecule has 1 aromatic heterocycles. The fraction of sp³-hybridized carbons (Fsp3) is 0.222. The van der Waals surface area contributed by atoms with Gasteiger partial charge in [0, 0.05) is 11.6 Å². The maximum atomic E-state index is 13.8. The number of benzene rings is 2. The van der Waals surface area contributed by atoms with E-state index in [1.807, 2.05) is 24.3 Å². The van der Waals surface area contributed by atoms with Gasteiger partial charge < -0.3 is 10.6 Å². The zero-order chi connectivity index (χ0) is 18.0. The van der Waals surface area contributed by atoms with Gasteiger partial charge in [0.2, 0.25) is 5.91 Å². The molecular weight excluding hydrogens is 344 g/mol. The first-order valence-electron chi connectivity index (χ1n) is 7.81. The molecule has 7 heteroatoms. The summed E-state index contributed by atoms with van der Waals surface area (Å²) in [6, 6.07) is 9.88. The van der Waals surface area contributed by atoms with Crippen LogP contribution in [-0.4, -0.2) is 16.9 Å². The third-order valence-corrected chi connectivity index (χ3v) is 4.78. The van der Waals surface area contributed by atoms with Gasteiger partial charge in [-0.3, -0.25) is 4.79 Å². The Morgan fingerprint density at radius 1 is 1.16 bits per heavy atom. The largest absolute Gasteiger partial charge is 0.350 e. The molecule has 1 amide bonds. The van der Waals surface area contributed by atoms with Crippen LogP contribution in [0.1, 0.15) is 25.5 Å². The van der Waals surface area contributed by atoms with Crippen molar-refractivity contribution in [2.45, 2.75) is 25.9 Å².